The Morgan fingerprint density at radius 3 is 2.28 bits per heavy atom. The summed E-state index contributed by atoms with van der Waals surface area (Å²) in [7, 11) is 0. The average molecular weight is 246 g/mol. The molecule has 1 aromatic rings. The Morgan fingerprint density at radius 1 is 1.11 bits per heavy atom. The predicted molar refractivity (Wildman–Crippen MR) is 77.2 cm³/mol. The van der Waals surface area contributed by atoms with E-state index >= 15 is 0 Å². The van der Waals surface area contributed by atoms with Gasteiger partial charge in [0.2, 0.25) is 0 Å². The maximum Gasteiger partial charge on any atom is 0.0240 e. The molecule has 2 N–H and O–H groups in total. The van der Waals surface area contributed by atoms with Gasteiger partial charge in [0.05, 0.1) is 0 Å². The first-order chi connectivity index (χ1) is 8.65. The van der Waals surface area contributed by atoms with Crippen LogP contribution in [-0.2, 0) is 13.1 Å². The molecule has 1 heterocycles. The molecule has 0 fully saturated rings. The number of hydrogen-bond donors (Lipinski definition) is 1. The van der Waals surface area contributed by atoms with Gasteiger partial charge in [-0.3, -0.25) is 4.90 Å². The highest BCUT2D eigenvalue weighted by molar-refractivity contribution is 5.30. The van der Waals surface area contributed by atoms with Crippen LogP contribution in [0, 0.1) is 5.92 Å². The summed E-state index contributed by atoms with van der Waals surface area (Å²) in [6.45, 7) is 7.95. The SMILES string of the molecule is CC(N)CCCC(C)CN1Cc2ccccc2C1. The monoisotopic (exact) mass is 246 g/mol. The van der Waals surface area contributed by atoms with Crippen molar-refractivity contribution in [2.24, 2.45) is 11.7 Å². The molecule has 0 bridgehead atoms. The van der Waals surface area contributed by atoms with Gasteiger partial charge in [-0.05, 0) is 36.8 Å². The summed E-state index contributed by atoms with van der Waals surface area (Å²) in [5.74, 6) is 0.776. The third-order valence-corrected chi connectivity index (χ3v) is 3.83. The standard InChI is InChI=1S/C16H26N2/c1-13(6-5-7-14(2)17)10-18-11-15-8-3-4-9-16(15)12-18/h3-4,8-9,13-14H,5-7,10-12,17H2,1-2H3. The fraction of sp³-hybridized carbons (Fsp3) is 0.625. The normalized spacial score (nSPS) is 18.6. The number of hydrogen-bond acceptors (Lipinski definition) is 2. The molecular weight excluding hydrogens is 220 g/mol. The van der Waals surface area contributed by atoms with Gasteiger partial charge in [-0.1, -0.05) is 37.6 Å². The van der Waals surface area contributed by atoms with Crippen molar-refractivity contribution in [3.63, 3.8) is 0 Å². The van der Waals surface area contributed by atoms with Gasteiger partial charge >= 0.3 is 0 Å². The molecule has 18 heavy (non-hydrogen) atoms. The zero-order chi connectivity index (χ0) is 13.0. The lowest BCUT2D eigenvalue weighted by Crippen LogP contribution is -2.23. The van der Waals surface area contributed by atoms with Crippen molar-refractivity contribution in [3.8, 4) is 0 Å². The van der Waals surface area contributed by atoms with Crippen LogP contribution in [-0.4, -0.2) is 17.5 Å². The topological polar surface area (TPSA) is 29.3 Å². The highest BCUT2D eigenvalue weighted by atomic mass is 15.1. The van der Waals surface area contributed by atoms with Crippen molar-refractivity contribution in [1.29, 1.82) is 0 Å². The number of nitrogens with two attached hydrogens (primary N) is 1. The van der Waals surface area contributed by atoms with E-state index in [1.807, 2.05) is 0 Å². The average Bonchev–Trinajstić information content (AvgIpc) is 2.70. The quantitative estimate of drug-likeness (QED) is 0.835. The predicted octanol–water partition coefficient (Wildman–Crippen LogP) is 3.16. The van der Waals surface area contributed by atoms with Gasteiger partial charge in [0, 0.05) is 25.7 Å². The number of rotatable bonds is 6. The van der Waals surface area contributed by atoms with Crippen molar-refractivity contribution in [2.75, 3.05) is 6.54 Å². The minimum absolute atomic E-state index is 0.355. The smallest absolute Gasteiger partial charge is 0.0240 e. The first kappa shape index (κ1) is 13.6. The van der Waals surface area contributed by atoms with Gasteiger partial charge in [0.15, 0.2) is 0 Å². The molecule has 0 aromatic heterocycles. The van der Waals surface area contributed by atoms with E-state index in [-0.39, 0.29) is 0 Å². The molecule has 1 aliphatic heterocycles. The van der Waals surface area contributed by atoms with Gasteiger partial charge in [-0.2, -0.15) is 0 Å². The van der Waals surface area contributed by atoms with E-state index in [0.717, 1.165) is 25.4 Å². The Morgan fingerprint density at radius 2 is 1.72 bits per heavy atom. The van der Waals surface area contributed by atoms with Crippen molar-refractivity contribution in [3.05, 3.63) is 35.4 Å². The molecule has 0 aliphatic carbocycles. The van der Waals surface area contributed by atoms with Crippen LogP contribution in [0.2, 0.25) is 0 Å². The molecule has 1 aliphatic rings. The Balaban J connectivity index is 1.72. The number of nitrogens with zero attached hydrogens (tertiary/aromatic N) is 1. The Bertz CT molecular complexity index is 348. The molecule has 2 nitrogen and oxygen atoms in total. The summed E-state index contributed by atoms with van der Waals surface area (Å²) in [4.78, 5) is 2.57. The molecule has 2 heteroatoms. The molecule has 100 valence electrons. The van der Waals surface area contributed by atoms with Crippen LogP contribution in [0.5, 0.6) is 0 Å². The maximum absolute atomic E-state index is 5.79. The zero-order valence-electron chi connectivity index (χ0n) is 11.7. The Kier molecular flexibility index (Phi) is 4.79. The van der Waals surface area contributed by atoms with E-state index in [2.05, 4.69) is 43.0 Å². The summed E-state index contributed by atoms with van der Waals surface area (Å²) in [6, 6.07) is 9.17. The molecule has 2 atom stereocenters. The van der Waals surface area contributed by atoms with Gasteiger partial charge in [-0.25, -0.2) is 0 Å². The molecule has 0 amide bonds. The lowest BCUT2D eigenvalue weighted by atomic mass is 10.0. The Hall–Kier alpha value is -0.860. The van der Waals surface area contributed by atoms with Crippen LogP contribution in [0.4, 0.5) is 0 Å². The second-order valence-electron chi connectivity index (χ2n) is 5.95. The second-order valence-corrected chi connectivity index (χ2v) is 5.95. The fourth-order valence-corrected chi connectivity index (χ4v) is 2.85. The van der Waals surface area contributed by atoms with Crippen LogP contribution in [0.1, 0.15) is 44.2 Å². The zero-order valence-corrected chi connectivity index (χ0v) is 11.7. The minimum Gasteiger partial charge on any atom is -0.328 e. The van der Waals surface area contributed by atoms with E-state index < -0.39 is 0 Å². The fourth-order valence-electron chi connectivity index (χ4n) is 2.85. The van der Waals surface area contributed by atoms with Crippen LogP contribution >= 0.6 is 0 Å². The molecule has 0 radical (unpaired) electrons. The summed E-state index contributed by atoms with van der Waals surface area (Å²) in [6.07, 6.45) is 3.72. The lowest BCUT2D eigenvalue weighted by molar-refractivity contribution is 0.234. The van der Waals surface area contributed by atoms with E-state index in [4.69, 9.17) is 5.73 Å². The molecule has 0 spiro atoms. The number of fused-ring (bicyclic) bond motifs is 1. The van der Waals surface area contributed by atoms with Gasteiger partial charge in [0.1, 0.15) is 0 Å². The molecule has 0 saturated carbocycles. The summed E-state index contributed by atoms with van der Waals surface area (Å²) >= 11 is 0. The molecule has 2 unspecified atom stereocenters. The van der Waals surface area contributed by atoms with E-state index in [0.29, 0.717) is 6.04 Å². The first-order valence-electron chi connectivity index (χ1n) is 7.20. The second kappa shape index (κ2) is 6.35. The van der Waals surface area contributed by atoms with Crippen LogP contribution in [0.15, 0.2) is 24.3 Å². The van der Waals surface area contributed by atoms with E-state index in [1.165, 1.54) is 30.5 Å². The van der Waals surface area contributed by atoms with Gasteiger partial charge in [0.25, 0.3) is 0 Å². The van der Waals surface area contributed by atoms with Gasteiger partial charge < -0.3 is 5.73 Å². The van der Waals surface area contributed by atoms with E-state index in [9.17, 15) is 0 Å². The van der Waals surface area contributed by atoms with Gasteiger partial charge in [-0.15, -0.1) is 0 Å². The van der Waals surface area contributed by atoms with Crippen LogP contribution < -0.4 is 5.73 Å². The van der Waals surface area contributed by atoms with Crippen molar-refractivity contribution < 1.29 is 0 Å². The Labute approximate surface area is 111 Å². The first-order valence-corrected chi connectivity index (χ1v) is 7.20. The van der Waals surface area contributed by atoms with Crippen LogP contribution in [0.3, 0.4) is 0 Å². The van der Waals surface area contributed by atoms with Crippen molar-refractivity contribution in [2.45, 2.75) is 52.2 Å². The highest BCUT2D eigenvalue weighted by Crippen LogP contribution is 2.23. The molecular formula is C16H26N2. The van der Waals surface area contributed by atoms with E-state index in [1.54, 1.807) is 0 Å². The lowest BCUT2D eigenvalue weighted by Gasteiger charge is -2.20. The van der Waals surface area contributed by atoms with Crippen molar-refractivity contribution >= 4 is 0 Å². The summed E-state index contributed by atoms with van der Waals surface area (Å²) in [5.41, 5.74) is 8.82. The third-order valence-electron chi connectivity index (χ3n) is 3.83. The third kappa shape index (κ3) is 3.82. The van der Waals surface area contributed by atoms with Crippen LogP contribution in [0.25, 0.3) is 0 Å². The summed E-state index contributed by atoms with van der Waals surface area (Å²) in [5, 5.41) is 0. The van der Waals surface area contributed by atoms with Crippen molar-refractivity contribution in [1.82, 2.24) is 4.90 Å². The minimum atomic E-state index is 0.355. The molecule has 2 rings (SSSR count). The highest BCUT2D eigenvalue weighted by Gasteiger charge is 2.19. The maximum atomic E-state index is 5.79. The molecule has 0 saturated heterocycles. The number of benzene rings is 1. The largest absolute Gasteiger partial charge is 0.328 e. The summed E-state index contributed by atoms with van der Waals surface area (Å²) < 4.78 is 0. The molecule has 1 aromatic carbocycles.